The van der Waals surface area contributed by atoms with E-state index in [1.807, 2.05) is 29.0 Å². The first-order valence-electron chi connectivity index (χ1n) is 10.4. The number of hydrogen-bond acceptors (Lipinski definition) is 7. The minimum absolute atomic E-state index is 0.128. The molecule has 8 nitrogen and oxygen atoms in total. The van der Waals surface area contributed by atoms with E-state index in [1.54, 1.807) is 42.7 Å². The second-order valence-electron chi connectivity index (χ2n) is 7.43. The topological polar surface area (TPSA) is 78.7 Å². The molecule has 1 unspecified atom stereocenters. The first kappa shape index (κ1) is 21.5. The van der Waals surface area contributed by atoms with E-state index in [9.17, 15) is 4.79 Å². The zero-order valence-corrected chi connectivity index (χ0v) is 19.4. The van der Waals surface area contributed by atoms with Crippen molar-refractivity contribution in [1.82, 2.24) is 14.5 Å². The highest BCUT2D eigenvalue weighted by Crippen LogP contribution is 2.39. The molecule has 4 aromatic rings. The summed E-state index contributed by atoms with van der Waals surface area (Å²) in [6, 6.07) is 10.9. The van der Waals surface area contributed by atoms with Crippen LogP contribution in [0.3, 0.4) is 0 Å². The molecule has 0 aliphatic carbocycles. The zero-order valence-electron chi connectivity index (χ0n) is 17.8. The van der Waals surface area contributed by atoms with E-state index in [2.05, 4.69) is 4.98 Å². The van der Waals surface area contributed by atoms with Crippen LogP contribution in [0.5, 0.6) is 17.2 Å². The number of nitrogens with zero attached hydrogens (tertiary/aromatic N) is 4. The Morgan fingerprint density at radius 2 is 2.15 bits per heavy atom. The molecule has 1 amide bonds. The van der Waals surface area contributed by atoms with E-state index >= 15 is 0 Å². The predicted octanol–water partition coefficient (Wildman–Crippen LogP) is 4.42. The van der Waals surface area contributed by atoms with Crippen molar-refractivity contribution >= 4 is 44.2 Å². The van der Waals surface area contributed by atoms with Crippen LogP contribution in [-0.2, 0) is 11.3 Å². The number of ether oxygens (including phenoxy) is 3. The van der Waals surface area contributed by atoms with E-state index in [-0.39, 0.29) is 12.5 Å². The number of fused-ring (bicyclic) bond motifs is 2. The Kier molecular flexibility index (Phi) is 6.06. The van der Waals surface area contributed by atoms with Gasteiger partial charge in [-0.25, -0.2) is 9.97 Å². The molecule has 0 saturated heterocycles. The quantitative estimate of drug-likeness (QED) is 0.386. The number of rotatable bonds is 7. The van der Waals surface area contributed by atoms with Gasteiger partial charge in [0.1, 0.15) is 17.9 Å². The molecule has 0 N–H and O–H groups in total. The molecule has 2 aromatic carbocycles. The van der Waals surface area contributed by atoms with Crippen molar-refractivity contribution in [3.05, 3.63) is 60.1 Å². The number of methoxy groups -OCH3 is 1. The fourth-order valence-corrected chi connectivity index (χ4v) is 4.95. The third kappa shape index (κ3) is 4.34. The molecule has 0 bridgehead atoms. The molecule has 3 heterocycles. The van der Waals surface area contributed by atoms with Gasteiger partial charge in [-0.2, -0.15) is 0 Å². The van der Waals surface area contributed by atoms with Gasteiger partial charge < -0.3 is 18.8 Å². The van der Waals surface area contributed by atoms with Gasteiger partial charge in [0, 0.05) is 25.5 Å². The summed E-state index contributed by atoms with van der Waals surface area (Å²) in [6.07, 6.45) is 5.30. The average Bonchev–Trinajstić information content (AvgIpc) is 3.52. The summed E-state index contributed by atoms with van der Waals surface area (Å²) in [7, 11) is 1.58. The molecule has 170 valence electrons. The summed E-state index contributed by atoms with van der Waals surface area (Å²) in [6.45, 7) is 1.28. The normalized spacial score (nSPS) is 14.9. The number of imidazole rings is 1. The van der Waals surface area contributed by atoms with Gasteiger partial charge in [-0.05, 0) is 30.7 Å². The van der Waals surface area contributed by atoms with Crippen LogP contribution in [0.2, 0.25) is 5.02 Å². The Labute approximate surface area is 199 Å². The number of anilines is 1. The maximum atomic E-state index is 13.6. The number of aromatic nitrogens is 3. The molecular weight excluding hydrogens is 464 g/mol. The van der Waals surface area contributed by atoms with E-state index in [1.165, 1.54) is 11.3 Å². The van der Waals surface area contributed by atoms with Gasteiger partial charge in [-0.15, -0.1) is 0 Å². The van der Waals surface area contributed by atoms with Crippen molar-refractivity contribution in [2.45, 2.75) is 19.1 Å². The summed E-state index contributed by atoms with van der Waals surface area (Å²) in [5, 5.41) is 1.10. The van der Waals surface area contributed by atoms with E-state index in [0.29, 0.717) is 52.4 Å². The third-order valence-electron chi connectivity index (χ3n) is 5.31. The minimum atomic E-state index is -0.780. The molecule has 1 aliphatic rings. The second-order valence-corrected chi connectivity index (χ2v) is 8.82. The fraction of sp³-hybridized carbons (Fsp3) is 0.261. The van der Waals surface area contributed by atoms with Crippen LogP contribution >= 0.6 is 22.9 Å². The van der Waals surface area contributed by atoms with Crippen LogP contribution in [0.1, 0.15) is 6.42 Å². The van der Waals surface area contributed by atoms with Gasteiger partial charge in [-0.1, -0.05) is 35.1 Å². The maximum absolute atomic E-state index is 13.6. The van der Waals surface area contributed by atoms with Crippen LogP contribution in [0.4, 0.5) is 5.13 Å². The number of halogens is 1. The van der Waals surface area contributed by atoms with Crippen molar-refractivity contribution in [1.29, 1.82) is 0 Å². The van der Waals surface area contributed by atoms with Crippen molar-refractivity contribution in [2.24, 2.45) is 0 Å². The van der Waals surface area contributed by atoms with Gasteiger partial charge >= 0.3 is 0 Å². The Hall–Kier alpha value is -3.30. The van der Waals surface area contributed by atoms with Gasteiger partial charge in [-0.3, -0.25) is 9.69 Å². The van der Waals surface area contributed by atoms with E-state index < -0.39 is 6.10 Å². The van der Waals surface area contributed by atoms with Crippen LogP contribution in [0.25, 0.3) is 10.2 Å². The Balaban J connectivity index is 1.45. The fourth-order valence-electron chi connectivity index (χ4n) is 3.67. The minimum Gasteiger partial charge on any atom is -0.494 e. The van der Waals surface area contributed by atoms with Gasteiger partial charge in [0.25, 0.3) is 5.91 Å². The standard InChI is InChI=1S/C23H21ClN4O4S/c1-30-18-8-7-15(24)21-20(18)26-23(33-21)28(11-4-10-27-12-9-25-14-27)22(29)19-13-31-16-5-2-3-6-17(16)32-19/h2-3,5-9,12,14,19H,4,10-11,13H2,1H3. The van der Waals surface area contributed by atoms with Crippen molar-refractivity contribution in [3.63, 3.8) is 0 Å². The molecule has 0 saturated carbocycles. The smallest absolute Gasteiger partial charge is 0.273 e. The molecule has 33 heavy (non-hydrogen) atoms. The number of carbonyl (C=O) groups excluding carboxylic acids is 1. The highest BCUT2D eigenvalue weighted by Gasteiger charge is 2.33. The Morgan fingerprint density at radius 1 is 1.30 bits per heavy atom. The molecule has 10 heteroatoms. The lowest BCUT2D eigenvalue weighted by Crippen LogP contribution is -2.47. The highest BCUT2D eigenvalue weighted by molar-refractivity contribution is 7.23. The summed E-state index contributed by atoms with van der Waals surface area (Å²) in [4.78, 5) is 24.1. The van der Waals surface area contributed by atoms with Crippen LogP contribution in [0.15, 0.2) is 55.1 Å². The highest BCUT2D eigenvalue weighted by atomic mass is 35.5. The molecule has 1 atom stereocenters. The monoisotopic (exact) mass is 484 g/mol. The lowest BCUT2D eigenvalue weighted by molar-refractivity contribution is -0.127. The molecular formula is C23H21ClN4O4S. The van der Waals surface area contributed by atoms with E-state index in [0.717, 1.165) is 4.70 Å². The van der Waals surface area contributed by atoms with Gasteiger partial charge in [0.2, 0.25) is 6.10 Å². The lowest BCUT2D eigenvalue weighted by atomic mass is 10.2. The Morgan fingerprint density at radius 3 is 2.94 bits per heavy atom. The molecule has 0 spiro atoms. The summed E-state index contributed by atoms with van der Waals surface area (Å²) >= 11 is 7.77. The van der Waals surface area contributed by atoms with Crippen LogP contribution in [-0.4, -0.2) is 46.8 Å². The van der Waals surface area contributed by atoms with Crippen LogP contribution < -0.4 is 19.1 Å². The summed E-state index contributed by atoms with van der Waals surface area (Å²) in [5.74, 6) is 1.57. The first-order chi connectivity index (χ1) is 16.1. The zero-order chi connectivity index (χ0) is 22.8. The molecule has 1 aliphatic heterocycles. The number of amides is 1. The Bertz CT molecular complexity index is 1280. The number of hydrogen-bond donors (Lipinski definition) is 0. The van der Waals surface area contributed by atoms with Crippen molar-refractivity contribution < 1.29 is 19.0 Å². The van der Waals surface area contributed by atoms with Crippen molar-refractivity contribution in [2.75, 3.05) is 25.2 Å². The number of aryl methyl sites for hydroxylation is 1. The lowest BCUT2D eigenvalue weighted by Gasteiger charge is -2.29. The SMILES string of the molecule is COc1ccc(Cl)c2sc(N(CCCn3ccnc3)C(=O)C3COc4ccccc4O3)nc12. The molecule has 0 radical (unpaired) electrons. The van der Waals surface area contributed by atoms with Crippen molar-refractivity contribution in [3.8, 4) is 17.2 Å². The summed E-state index contributed by atoms with van der Waals surface area (Å²) in [5.41, 5.74) is 0.628. The second kappa shape index (κ2) is 9.29. The molecule has 5 rings (SSSR count). The number of carbonyl (C=O) groups is 1. The van der Waals surface area contributed by atoms with Gasteiger partial charge in [0.05, 0.1) is 23.2 Å². The molecule has 2 aromatic heterocycles. The number of thiazole rings is 1. The average molecular weight is 485 g/mol. The van der Waals surface area contributed by atoms with Gasteiger partial charge in [0.15, 0.2) is 16.6 Å². The number of para-hydroxylation sites is 2. The van der Waals surface area contributed by atoms with E-state index in [4.69, 9.17) is 30.8 Å². The third-order valence-corrected chi connectivity index (χ3v) is 6.84. The molecule has 0 fully saturated rings. The van der Waals surface area contributed by atoms with Crippen LogP contribution in [0, 0.1) is 0 Å². The predicted molar refractivity (Wildman–Crippen MR) is 127 cm³/mol. The maximum Gasteiger partial charge on any atom is 0.273 e. The number of benzene rings is 2. The first-order valence-corrected chi connectivity index (χ1v) is 11.6. The largest absolute Gasteiger partial charge is 0.494 e. The summed E-state index contributed by atoms with van der Waals surface area (Å²) < 4.78 is 20.0.